The third-order valence-electron chi connectivity index (χ3n) is 2.84. The van der Waals surface area contributed by atoms with Crippen LogP contribution in [-0.4, -0.2) is 41.4 Å². The van der Waals surface area contributed by atoms with E-state index < -0.39 is 5.60 Å². The van der Waals surface area contributed by atoms with Gasteiger partial charge in [0.05, 0.1) is 0 Å². The number of carbonyl (C=O) groups excluding carboxylic acids is 1. The van der Waals surface area contributed by atoms with Gasteiger partial charge >= 0.3 is 6.09 Å². The van der Waals surface area contributed by atoms with Crippen LogP contribution in [0.25, 0.3) is 0 Å². The molecule has 18 heavy (non-hydrogen) atoms. The maximum atomic E-state index is 11.9. The molecule has 1 heterocycles. The highest BCUT2D eigenvalue weighted by Gasteiger charge is 2.23. The summed E-state index contributed by atoms with van der Waals surface area (Å²) in [6.45, 7) is 7.32. The van der Waals surface area contributed by atoms with Crippen LogP contribution in [-0.2, 0) is 4.74 Å². The fraction of sp³-hybridized carbons (Fsp3) is 0.786. The maximum absolute atomic E-state index is 11.9. The first-order valence-corrected chi connectivity index (χ1v) is 6.69. The highest BCUT2D eigenvalue weighted by Crippen LogP contribution is 2.19. The number of carbonyl (C=O) groups is 1. The molecule has 0 radical (unpaired) electrons. The highest BCUT2D eigenvalue weighted by atomic mass is 16.6. The third-order valence-corrected chi connectivity index (χ3v) is 2.84. The van der Waals surface area contributed by atoms with Gasteiger partial charge in [0.1, 0.15) is 5.60 Å². The highest BCUT2D eigenvalue weighted by molar-refractivity contribution is 5.68. The van der Waals surface area contributed by atoms with Gasteiger partial charge in [-0.2, -0.15) is 0 Å². The molecule has 1 aliphatic rings. The van der Waals surface area contributed by atoms with Crippen LogP contribution in [0.4, 0.5) is 4.79 Å². The van der Waals surface area contributed by atoms with Gasteiger partial charge in [-0.25, -0.2) is 4.79 Å². The number of nitrogens with zero attached hydrogens (tertiary/aromatic N) is 1. The summed E-state index contributed by atoms with van der Waals surface area (Å²) < 4.78 is 5.38. The molecule has 1 rings (SSSR count). The van der Waals surface area contributed by atoms with E-state index in [1.54, 1.807) is 4.90 Å². The molecule has 0 atom stereocenters. The first-order valence-electron chi connectivity index (χ1n) is 6.69. The Morgan fingerprint density at radius 3 is 2.72 bits per heavy atom. The van der Waals surface area contributed by atoms with E-state index >= 15 is 0 Å². The van der Waals surface area contributed by atoms with E-state index in [1.807, 2.05) is 20.8 Å². The lowest BCUT2D eigenvalue weighted by Gasteiger charge is -2.26. The predicted molar refractivity (Wildman–Crippen MR) is 71.4 cm³/mol. The molecule has 0 aliphatic carbocycles. The molecule has 0 aromatic rings. The summed E-state index contributed by atoms with van der Waals surface area (Å²) in [6.07, 6.45) is 5.46. The van der Waals surface area contributed by atoms with Gasteiger partial charge in [-0.15, -0.1) is 0 Å². The van der Waals surface area contributed by atoms with Gasteiger partial charge in [0.25, 0.3) is 0 Å². The lowest BCUT2D eigenvalue weighted by atomic mass is 10.1. The monoisotopic (exact) mass is 255 g/mol. The Hall–Kier alpha value is -1.03. The molecule has 4 heteroatoms. The zero-order valence-corrected chi connectivity index (χ0v) is 11.7. The quantitative estimate of drug-likeness (QED) is 0.772. The van der Waals surface area contributed by atoms with Gasteiger partial charge in [0, 0.05) is 19.7 Å². The molecule has 1 N–H and O–H groups in total. The molecule has 0 aromatic heterocycles. The molecule has 1 aliphatic heterocycles. The van der Waals surface area contributed by atoms with Crippen molar-refractivity contribution in [2.45, 2.75) is 52.1 Å². The number of hydrogen-bond donors (Lipinski definition) is 1. The molecule has 0 spiro atoms. The molecule has 1 amide bonds. The van der Waals surface area contributed by atoms with Crippen LogP contribution >= 0.6 is 0 Å². The summed E-state index contributed by atoms with van der Waals surface area (Å²) in [5.74, 6) is 0. The average Bonchev–Trinajstić information content (AvgIpc) is 2.49. The Labute approximate surface area is 110 Å². The fourth-order valence-corrected chi connectivity index (χ4v) is 1.99. The first kappa shape index (κ1) is 15.0. The van der Waals surface area contributed by atoms with Crippen LogP contribution in [0.1, 0.15) is 46.5 Å². The molecule has 1 fully saturated rings. The Balaban J connectivity index is 2.49. The summed E-state index contributed by atoms with van der Waals surface area (Å²) in [5.41, 5.74) is 0.911. The van der Waals surface area contributed by atoms with Crippen LogP contribution in [0.2, 0.25) is 0 Å². The van der Waals surface area contributed by atoms with E-state index in [9.17, 15) is 4.79 Å². The molecular formula is C14H25NO3. The molecule has 4 nitrogen and oxygen atoms in total. The van der Waals surface area contributed by atoms with E-state index in [0.717, 1.165) is 25.8 Å². The standard InChI is InChI=1S/C14H25NO3/c1-14(2,3)18-13(17)15-9-4-6-12(8-10-15)7-5-11-16/h7,16H,4-6,8-11H2,1-3H3/b12-7-. The van der Waals surface area contributed by atoms with Crippen molar-refractivity contribution in [2.24, 2.45) is 0 Å². The van der Waals surface area contributed by atoms with Gasteiger partial charge in [-0.3, -0.25) is 0 Å². The van der Waals surface area contributed by atoms with Crippen LogP contribution in [0, 0.1) is 0 Å². The van der Waals surface area contributed by atoms with Gasteiger partial charge < -0.3 is 14.7 Å². The number of rotatable bonds is 2. The lowest BCUT2D eigenvalue weighted by Crippen LogP contribution is -2.37. The first-order chi connectivity index (χ1) is 8.42. The number of hydrogen-bond acceptors (Lipinski definition) is 3. The summed E-state index contributed by atoms with van der Waals surface area (Å²) in [6, 6.07) is 0. The van der Waals surface area contributed by atoms with Crippen LogP contribution < -0.4 is 0 Å². The fourth-order valence-electron chi connectivity index (χ4n) is 1.99. The second-order valence-corrected chi connectivity index (χ2v) is 5.70. The number of likely N-dealkylation sites (tertiary alicyclic amines) is 1. The minimum atomic E-state index is -0.432. The van der Waals surface area contributed by atoms with Crippen molar-refractivity contribution in [1.82, 2.24) is 4.90 Å². The van der Waals surface area contributed by atoms with Crippen molar-refractivity contribution in [3.8, 4) is 0 Å². The Bertz CT molecular complexity index is 305. The smallest absolute Gasteiger partial charge is 0.410 e. The minimum absolute atomic E-state index is 0.194. The van der Waals surface area contributed by atoms with E-state index in [1.165, 1.54) is 5.57 Å². The van der Waals surface area contributed by atoms with Gasteiger partial charge in [0.15, 0.2) is 0 Å². The van der Waals surface area contributed by atoms with Gasteiger partial charge in [-0.05, 0) is 46.5 Å². The molecular weight excluding hydrogens is 230 g/mol. The SMILES string of the molecule is CC(C)(C)OC(=O)N1CCC/C(=C/CCO)CC1. The van der Waals surface area contributed by atoms with Crippen molar-refractivity contribution in [3.05, 3.63) is 11.6 Å². The zero-order chi connectivity index (χ0) is 13.6. The molecule has 0 aromatic carbocycles. The number of ether oxygens (including phenoxy) is 1. The zero-order valence-electron chi connectivity index (χ0n) is 11.7. The summed E-state index contributed by atoms with van der Waals surface area (Å²) >= 11 is 0. The predicted octanol–water partition coefficient (Wildman–Crippen LogP) is 2.72. The van der Waals surface area contributed by atoms with Gasteiger partial charge in [-0.1, -0.05) is 11.6 Å². The summed E-state index contributed by atoms with van der Waals surface area (Å²) in [7, 11) is 0. The van der Waals surface area contributed by atoms with Crippen molar-refractivity contribution in [2.75, 3.05) is 19.7 Å². The normalized spacial score (nSPS) is 19.8. The Morgan fingerprint density at radius 1 is 1.39 bits per heavy atom. The number of aliphatic hydroxyl groups is 1. The number of amides is 1. The topological polar surface area (TPSA) is 49.8 Å². The minimum Gasteiger partial charge on any atom is -0.444 e. The van der Waals surface area contributed by atoms with E-state index in [0.29, 0.717) is 13.0 Å². The van der Waals surface area contributed by atoms with Crippen LogP contribution in [0.5, 0.6) is 0 Å². The summed E-state index contributed by atoms with van der Waals surface area (Å²) in [4.78, 5) is 13.7. The molecule has 0 unspecified atom stereocenters. The molecule has 0 saturated carbocycles. The average molecular weight is 255 g/mol. The van der Waals surface area contributed by atoms with E-state index in [4.69, 9.17) is 9.84 Å². The van der Waals surface area contributed by atoms with Gasteiger partial charge in [0.2, 0.25) is 0 Å². The lowest BCUT2D eigenvalue weighted by molar-refractivity contribution is 0.0258. The van der Waals surface area contributed by atoms with E-state index in [2.05, 4.69) is 6.08 Å². The van der Waals surface area contributed by atoms with Crippen molar-refractivity contribution in [3.63, 3.8) is 0 Å². The third kappa shape index (κ3) is 5.54. The maximum Gasteiger partial charge on any atom is 0.410 e. The largest absolute Gasteiger partial charge is 0.444 e. The second-order valence-electron chi connectivity index (χ2n) is 5.70. The Kier molecular flexibility index (Phi) is 5.66. The Morgan fingerprint density at radius 2 is 2.11 bits per heavy atom. The molecule has 1 saturated heterocycles. The van der Waals surface area contributed by atoms with Crippen LogP contribution in [0.15, 0.2) is 11.6 Å². The number of aliphatic hydroxyl groups excluding tert-OH is 1. The van der Waals surface area contributed by atoms with Crippen molar-refractivity contribution in [1.29, 1.82) is 0 Å². The molecule has 0 bridgehead atoms. The van der Waals surface area contributed by atoms with E-state index in [-0.39, 0.29) is 12.7 Å². The van der Waals surface area contributed by atoms with Crippen molar-refractivity contribution < 1.29 is 14.6 Å². The van der Waals surface area contributed by atoms with Crippen LogP contribution in [0.3, 0.4) is 0 Å². The van der Waals surface area contributed by atoms with Crippen molar-refractivity contribution >= 4 is 6.09 Å². The molecule has 104 valence electrons. The summed E-state index contributed by atoms with van der Waals surface area (Å²) in [5, 5.41) is 8.81. The second kappa shape index (κ2) is 6.78.